The molecule has 8 nitrogen and oxygen atoms in total. The Labute approximate surface area is 201 Å². The maximum Gasteiger partial charge on any atom is 0.329 e. The highest BCUT2D eigenvalue weighted by Crippen LogP contribution is 2.22. The average molecular weight is 475 g/mol. The maximum absolute atomic E-state index is 13.4. The van der Waals surface area contributed by atoms with E-state index in [4.69, 9.17) is 4.98 Å². The van der Waals surface area contributed by atoms with Gasteiger partial charge in [0.2, 0.25) is 5.95 Å². The third-order valence-corrected chi connectivity index (χ3v) is 6.37. The number of nitrogens with one attached hydrogen (secondary N) is 1. The third kappa shape index (κ3) is 4.81. The van der Waals surface area contributed by atoms with Crippen molar-refractivity contribution in [2.75, 3.05) is 37.6 Å². The zero-order chi connectivity index (χ0) is 24.4. The highest BCUT2D eigenvalue weighted by molar-refractivity contribution is 5.74. The Bertz CT molecular complexity index is 1460. The Balaban J connectivity index is 1.39. The van der Waals surface area contributed by atoms with Crippen LogP contribution in [0.4, 0.5) is 10.3 Å². The summed E-state index contributed by atoms with van der Waals surface area (Å²) in [5, 5.41) is 0. The molecular weight excluding hydrogens is 447 g/mol. The van der Waals surface area contributed by atoms with E-state index in [1.54, 1.807) is 19.2 Å². The summed E-state index contributed by atoms with van der Waals surface area (Å²) in [5.41, 5.74) is 1.70. The number of benzene rings is 2. The molecule has 0 unspecified atom stereocenters. The molecule has 2 aromatic carbocycles. The number of hydrogen-bond acceptors (Lipinski definition) is 5. The molecule has 3 heterocycles. The van der Waals surface area contributed by atoms with Gasteiger partial charge in [0, 0.05) is 39.8 Å². The third-order valence-electron chi connectivity index (χ3n) is 6.37. The van der Waals surface area contributed by atoms with Gasteiger partial charge in [-0.2, -0.15) is 4.98 Å². The molecule has 1 N–H and O–H groups in total. The van der Waals surface area contributed by atoms with Crippen molar-refractivity contribution in [3.8, 4) is 0 Å². The summed E-state index contributed by atoms with van der Waals surface area (Å²) < 4.78 is 16.6. The molecule has 0 bridgehead atoms. The van der Waals surface area contributed by atoms with Crippen molar-refractivity contribution in [2.24, 2.45) is 7.05 Å². The van der Waals surface area contributed by atoms with E-state index in [1.165, 1.54) is 22.3 Å². The number of piperazine rings is 1. The highest BCUT2D eigenvalue weighted by Gasteiger charge is 2.24. The molecule has 0 saturated carbocycles. The van der Waals surface area contributed by atoms with Gasteiger partial charge in [0.05, 0.1) is 6.54 Å². The van der Waals surface area contributed by atoms with Gasteiger partial charge in [-0.05, 0) is 23.3 Å². The summed E-state index contributed by atoms with van der Waals surface area (Å²) in [6.07, 6.45) is 4.30. The summed E-state index contributed by atoms with van der Waals surface area (Å²) >= 11 is 0. The fraction of sp³-hybridized carbons (Fsp3) is 0.269. The number of aromatic amines is 1. The average Bonchev–Trinajstić information content (AvgIpc) is 3.25. The number of hydrogen-bond donors (Lipinski definition) is 1. The number of rotatable bonds is 6. The largest absolute Gasteiger partial charge is 0.340 e. The van der Waals surface area contributed by atoms with Gasteiger partial charge in [-0.3, -0.25) is 23.8 Å². The smallest absolute Gasteiger partial charge is 0.329 e. The second-order valence-electron chi connectivity index (χ2n) is 8.72. The summed E-state index contributed by atoms with van der Waals surface area (Å²) in [7, 11) is 1.59. The Kier molecular flexibility index (Phi) is 6.33. The summed E-state index contributed by atoms with van der Waals surface area (Å²) in [6.45, 7) is 4.34. The van der Waals surface area contributed by atoms with Gasteiger partial charge in [0.15, 0.2) is 11.2 Å². The van der Waals surface area contributed by atoms with Crippen molar-refractivity contribution >= 4 is 23.2 Å². The van der Waals surface area contributed by atoms with Crippen LogP contribution < -0.4 is 16.1 Å². The fourth-order valence-electron chi connectivity index (χ4n) is 4.42. The van der Waals surface area contributed by atoms with Crippen LogP contribution in [0.25, 0.3) is 17.2 Å². The molecule has 180 valence electrons. The van der Waals surface area contributed by atoms with Crippen molar-refractivity contribution in [3.63, 3.8) is 0 Å². The van der Waals surface area contributed by atoms with E-state index in [9.17, 15) is 14.0 Å². The zero-order valence-corrected chi connectivity index (χ0v) is 19.5. The first-order chi connectivity index (χ1) is 17.0. The van der Waals surface area contributed by atoms with Crippen molar-refractivity contribution in [1.29, 1.82) is 0 Å². The van der Waals surface area contributed by atoms with E-state index in [-0.39, 0.29) is 5.82 Å². The normalized spacial score (nSPS) is 14.9. The first-order valence-electron chi connectivity index (χ1n) is 11.6. The highest BCUT2D eigenvalue weighted by atomic mass is 19.1. The summed E-state index contributed by atoms with van der Waals surface area (Å²) in [6, 6.07) is 16.4. The fourth-order valence-corrected chi connectivity index (χ4v) is 4.42. The molecule has 1 aliphatic heterocycles. The van der Waals surface area contributed by atoms with Crippen LogP contribution in [0.5, 0.6) is 0 Å². The lowest BCUT2D eigenvalue weighted by atomic mass is 10.2. The van der Waals surface area contributed by atoms with Crippen molar-refractivity contribution in [2.45, 2.75) is 6.54 Å². The molecule has 0 atom stereocenters. The molecule has 5 rings (SSSR count). The van der Waals surface area contributed by atoms with E-state index >= 15 is 0 Å². The van der Waals surface area contributed by atoms with Gasteiger partial charge in [0.25, 0.3) is 5.56 Å². The lowest BCUT2D eigenvalue weighted by Crippen LogP contribution is -2.47. The standard InChI is InChI=1S/C26H27FN6O2/c1-30-23-22(24(34)29-26(30)35)33(18-20-9-11-21(27)12-10-20)25(28-23)32-16-14-31(15-17-32)13-5-8-19-6-3-2-4-7-19/h2-12H,13-18H2,1H3,(H,29,34,35)/b8-5-. The first kappa shape index (κ1) is 22.8. The first-order valence-corrected chi connectivity index (χ1v) is 11.6. The van der Waals surface area contributed by atoms with Crippen molar-refractivity contribution in [3.05, 3.63) is 98.5 Å². The van der Waals surface area contributed by atoms with Crippen LogP contribution in [0.3, 0.4) is 0 Å². The number of imidazole rings is 1. The Morgan fingerprint density at radius 1 is 1.00 bits per heavy atom. The monoisotopic (exact) mass is 474 g/mol. The molecule has 0 amide bonds. The van der Waals surface area contributed by atoms with Gasteiger partial charge < -0.3 is 4.90 Å². The van der Waals surface area contributed by atoms with Gasteiger partial charge in [0.1, 0.15) is 5.82 Å². The molecule has 0 radical (unpaired) electrons. The number of anilines is 1. The predicted octanol–water partition coefficient (Wildman–Crippen LogP) is 2.45. The minimum Gasteiger partial charge on any atom is -0.340 e. The minimum atomic E-state index is -0.504. The molecular formula is C26H27FN6O2. The molecule has 4 aromatic rings. The van der Waals surface area contributed by atoms with Crippen LogP contribution in [-0.4, -0.2) is 56.7 Å². The topological polar surface area (TPSA) is 79.2 Å². The molecule has 2 aromatic heterocycles. The molecule has 1 fully saturated rings. The van der Waals surface area contributed by atoms with E-state index in [0.29, 0.717) is 23.7 Å². The number of H-pyrrole nitrogens is 1. The number of nitrogens with zero attached hydrogens (tertiary/aromatic N) is 5. The molecule has 9 heteroatoms. The molecule has 0 spiro atoms. The summed E-state index contributed by atoms with van der Waals surface area (Å²) in [5.74, 6) is 0.317. The number of aryl methyl sites for hydroxylation is 1. The van der Waals surface area contributed by atoms with Crippen LogP contribution in [0.1, 0.15) is 11.1 Å². The van der Waals surface area contributed by atoms with E-state index < -0.39 is 11.2 Å². The van der Waals surface area contributed by atoms with Gasteiger partial charge in [-0.15, -0.1) is 0 Å². The van der Waals surface area contributed by atoms with Gasteiger partial charge >= 0.3 is 5.69 Å². The lowest BCUT2D eigenvalue weighted by Gasteiger charge is -2.35. The van der Waals surface area contributed by atoms with Crippen molar-refractivity contribution in [1.82, 2.24) is 24.0 Å². The zero-order valence-electron chi connectivity index (χ0n) is 19.5. The van der Waals surface area contributed by atoms with Gasteiger partial charge in [-0.1, -0.05) is 54.6 Å². The van der Waals surface area contributed by atoms with E-state index in [0.717, 1.165) is 38.3 Å². The summed E-state index contributed by atoms with van der Waals surface area (Å²) in [4.78, 5) is 36.6. The Morgan fingerprint density at radius 2 is 1.71 bits per heavy atom. The maximum atomic E-state index is 13.4. The number of fused-ring (bicyclic) bond motifs is 1. The predicted molar refractivity (Wildman–Crippen MR) is 135 cm³/mol. The van der Waals surface area contributed by atoms with Crippen LogP contribution in [0.2, 0.25) is 0 Å². The van der Waals surface area contributed by atoms with E-state index in [2.05, 4.69) is 39.1 Å². The number of aromatic nitrogens is 4. The second-order valence-corrected chi connectivity index (χ2v) is 8.72. The van der Waals surface area contributed by atoms with Crippen LogP contribution in [-0.2, 0) is 13.6 Å². The Morgan fingerprint density at radius 3 is 2.43 bits per heavy atom. The molecule has 1 aliphatic rings. The minimum absolute atomic E-state index is 0.317. The number of halogens is 1. The molecule has 1 saturated heterocycles. The Hall–Kier alpha value is -3.98. The lowest BCUT2D eigenvalue weighted by molar-refractivity contribution is 0.282. The quantitative estimate of drug-likeness (QED) is 0.465. The van der Waals surface area contributed by atoms with E-state index in [1.807, 2.05) is 22.8 Å². The van der Waals surface area contributed by atoms with Crippen molar-refractivity contribution < 1.29 is 4.39 Å². The SMILES string of the molecule is Cn1c(=O)[nH]c(=O)c2c1nc(N1CCN(C/C=C\c3ccccc3)CC1)n2Cc1ccc(F)cc1. The molecule has 35 heavy (non-hydrogen) atoms. The van der Waals surface area contributed by atoms with Crippen LogP contribution in [0, 0.1) is 5.82 Å². The van der Waals surface area contributed by atoms with Gasteiger partial charge in [-0.25, -0.2) is 9.18 Å². The molecule has 0 aliphatic carbocycles. The van der Waals surface area contributed by atoms with Crippen LogP contribution in [0.15, 0.2) is 70.3 Å². The second kappa shape index (κ2) is 9.71. The van der Waals surface area contributed by atoms with Crippen LogP contribution >= 0.6 is 0 Å².